The minimum atomic E-state index is -1.20. The van der Waals surface area contributed by atoms with Gasteiger partial charge in [0.15, 0.2) is 0 Å². The summed E-state index contributed by atoms with van der Waals surface area (Å²) in [5.41, 5.74) is 0.271. The fraction of sp³-hybridized carbons (Fsp3) is 0.267. The van der Waals surface area contributed by atoms with Gasteiger partial charge >= 0.3 is 5.97 Å². The number of hydrogen-bond donors (Lipinski definition) is 3. The van der Waals surface area contributed by atoms with Crippen molar-refractivity contribution in [1.29, 1.82) is 5.26 Å². The maximum atomic E-state index is 13.4. The Bertz CT molecular complexity index is 623. The maximum Gasteiger partial charge on any atom is 0.325 e. The monoisotopic (exact) mass is 305 g/mol. The van der Waals surface area contributed by atoms with Gasteiger partial charge < -0.3 is 15.7 Å². The molecule has 0 aliphatic heterocycles. The fourth-order valence-corrected chi connectivity index (χ4v) is 1.57. The molecule has 0 saturated heterocycles. The predicted octanol–water partition coefficient (Wildman–Crippen LogP) is 0.955. The lowest BCUT2D eigenvalue weighted by Gasteiger charge is -2.08. The molecule has 1 unspecified atom stereocenters. The van der Waals surface area contributed by atoms with Gasteiger partial charge in [-0.3, -0.25) is 9.59 Å². The zero-order valence-corrected chi connectivity index (χ0v) is 12.0. The highest BCUT2D eigenvalue weighted by molar-refractivity contribution is 5.99. The van der Waals surface area contributed by atoms with Crippen LogP contribution >= 0.6 is 0 Å². The van der Waals surface area contributed by atoms with E-state index in [2.05, 4.69) is 10.6 Å². The molecular formula is C15H16FN3O3. The molecule has 0 aliphatic rings. The van der Waals surface area contributed by atoms with Crippen LogP contribution in [0.5, 0.6) is 0 Å². The molecule has 0 fully saturated rings. The van der Waals surface area contributed by atoms with Crippen molar-refractivity contribution in [1.82, 2.24) is 10.6 Å². The summed E-state index contributed by atoms with van der Waals surface area (Å²) < 4.78 is 13.4. The summed E-state index contributed by atoms with van der Waals surface area (Å²) in [6.45, 7) is 1.62. The molecule has 0 radical (unpaired) electrons. The van der Waals surface area contributed by atoms with Crippen molar-refractivity contribution in [3.05, 3.63) is 47.4 Å². The van der Waals surface area contributed by atoms with Crippen molar-refractivity contribution in [2.45, 2.75) is 19.4 Å². The largest absolute Gasteiger partial charge is 0.480 e. The van der Waals surface area contributed by atoms with Crippen molar-refractivity contribution in [2.24, 2.45) is 0 Å². The molecule has 0 aliphatic carbocycles. The molecule has 0 aromatic heterocycles. The third-order valence-electron chi connectivity index (χ3n) is 2.83. The molecule has 22 heavy (non-hydrogen) atoms. The SMILES string of the molecule is CC(NC(=O)/C(C#N)=C\NCCc1ccccc1F)C(=O)O. The van der Waals surface area contributed by atoms with Crippen molar-refractivity contribution in [3.63, 3.8) is 0 Å². The highest BCUT2D eigenvalue weighted by atomic mass is 19.1. The van der Waals surface area contributed by atoms with Gasteiger partial charge in [0.25, 0.3) is 5.91 Å². The van der Waals surface area contributed by atoms with Crippen molar-refractivity contribution in [3.8, 4) is 6.07 Å². The molecule has 0 bridgehead atoms. The van der Waals surface area contributed by atoms with Gasteiger partial charge in [-0.15, -0.1) is 0 Å². The highest BCUT2D eigenvalue weighted by Crippen LogP contribution is 2.06. The average molecular weight is 305 g/mol. The van der Waals surface area contributed by atoms with E-state index in [-0.39, 0.29) is 11.4 Å². The second-order valence-corrected chi connectivity index (χ2v) is 4.50. The average Bonchev–Trinajstić information content (AvgIpc) is 2.48. The zero-order chi connectivity index (χ0) is 16.5. The third-order valence-corrected chi connectivity index (χ3v) is 2.83. The van der Waals surface area contributed by atoms with Crippen LogP contribution in [0.2, 0.25) is 0 Å². The summed E-state index contributed by atoms with van der Waals surface area (Å²) in [6.07, 6.45) is 1.57. The Morgan fingerprint density at radius 2 is 2.14 bits per heavy atom. The van der Waals surface area contributed by atoms with Crippen molar-refractivity contribution in [2.75, 3.05) is 6.54 Å². The lowest BCUT2D eigenvalue weighted by atomic mass is 10.1. The number of rotatable bonds is 7. The minimum absolute atomic E-state index is 0.248. The molecule has 3 N–H and O–H groups in total. The van der Waals surface area contributed by atoms with Gasteiger partial charge in [0.05, 0.1) is 0 Å². The molecule has 116 valence electrons. The van der Waals surface area contributed by atoms with Gasteiger partial charge in [0, 0.05) is 12.7 Å². The van der Waals surface area contributed by atoms with Crippen LogP contribution < -0.4 is 10.6 Å². The Morgan fingerprint density at radius 1 is 1.45 bits per heavy atom. The van der Waals surface area contributed by atoms with Gasteiger partial charge in [-0.2, -0.15) is 5.26 Å². The number of carbonyl (C=O) groups is 2. The number of nitrogens with one attached hydrogen (secondary N) is 2. The first kappa shape index (κ1) is 17.2. The number of aliphatic carboxylic acids is 1. The molecule has 7 heteroatoms. The molecule has 6 nitrogen and oxygen atoms in total. The van der Waals surface area contributed by atoms with Crippen molar-refractivity contribution >= 4 is 11.9 Å². The predicted molar refractivity (Wildman–Crippen MR) is 77.0 cm³/mol. The van der Waals surface area contributed by atoms with Crippen LogP contribution in [-0.4, -0.2) is 29.6 Å². The van der Waals surface area contributed by atoms with Gasteiger partial charge in [0.1, 0.15) is 23.5 Å². The van der Waals surface area contributed by atoms with Gasteiger partial charge in [-0.1, -0.05) is 18.2 Å². The Kier molecular flexibility index (Phi) is 6.57. The van der Waals surface area contributed by atoms with E-state index in [9.17, 15) is 14.0 Å². The van der Waals surface area contributed by atoms with Crippen LogP contribution in [0.15, 0.2) is 36.0 Å². The van der Waals surface area contributed by atoms with Crippen molar-refractivity contribution < 1.29 is 19.1 Å². The minimum Gasteiger partial charge on any atom is -0.480 e. The second-order valence-electron chi connectivity index (χ2n) is 4.50. The van der Waals surface area contributed by atoms with Crippen LogP contribution in [0.4, 0.5) is 4.39 Å². The van der Waals surface area contributed by atoms with Crippen LogP contribution in [0.25, 0.3) is 0 Å². The molecule has 1 rings (SSSR count). The first-order valence-corrected chi connectivity index (χ1v) is 6.56. The van der Waals surface area contributed by atoms with E-state index in [1.807, 2.05) is 0 Å². The molecule has 1 atom stereocenters. The van der Waals surface area contributed by atoms with Crippen LogP contribution in [0, 0.1) is 17.1 Å². The number of carboxylic acids is 1. The topological polar surface area (TPSA) is 102 Å². The molecule has 1 aromatic carbocycles. The smallest absolute Gasteiger partial charge is 0.325 e. The zero-order valence-electron chi connectivity index (χ0n) is 12.0. The first-order valence-electron chi connectivity index (χ1n) is 6.56. The van der Waals surface area contributed by atoms with E-state index in [4.69, 9.17) is 10.4 Å². The number of nitrogens with zero attached hydrogens (tertiary/aromatic N) is 1. The fourth-order valence-electron chi connectivity index (χ4n) is 1.57. The number of carbonyl (C=O) groups excluding carboxylic acids is 1. The van der Waals surface area contributed by atoms with Crippen LogP contribution in [0.3, 0.4) is 0 Å². The number of carboxylic acid groups (broad SMARTS) is 1. The van der Waals surface area contributed by atoms with Crippen LogP contribution in [0.1, 0.15) is 12.5 Å². The Hall–Kier alpha value is -2.88. The number of halogens is 1. The molecule has 1 aromatic rings. The summed E-state index contributed by atoms with van der Waals surface area (Å²) >= 11 is 0. The van der Waals surface area contributed by atoms with E-state index in [0.29, 0.717) is 18.5 Å². The summed E-state index contributed by atoms with van der Waals surface area (Å²) in [5.74, 6) is -2.30. The van der Waals surface area contributed by atoms with E-state index in [1.165, 1.54) is 19.2 Å². The lowest BCUT2D eigenvalue weighted by molar-refractivity contribution is -0.140. The maximum absolute atomic E-state index is 13.4. The summed E-state index contributed by atoms with van der Waals surface area (Å²) in [7, 11) is 0. The quantitative estimate of drug-likeness (QED) is 0.395. The van der Waals surface area contributed by atoms with E-state index < -0.39 is 17.9 Å². The number of amides is 1. The molecular weight excluding hydrogens is 289 g/mol. The first-order chi connectivity index (χ1) is 10.5. The Morgan fingerprint density at radius 3 is 2.73 bits per heavy atom. The molecule has 0 spiro atoms. The van der Waals surface area contributed by atoms with Gasteiger partial charge in [-0.05, 0) is 25.0 Å². The van der Waals surface area contributed by atoms with Gasteiger partial charge in [0.2, 0.25) is 0 Å². The highest BCUT2D eigenvalue weighted by Gasteiger charge is 2.16. The summed E-state index contributed by atoms with van der Waals surface area (Å²) in [4.78, 5) is 22.3. The second kappa shape index (κ2) is 8.42. The lowest BCUT2D eigenvalue weighted by Crippen LogP contribution is -2.39. The standard InChI is InChI=1S/C15H16FN3O3/c1-10(15(21)22)19-14(20)12(8-17)9-18-7-6-11-4-2-3-5-13(11)16/h2-5,9-10,18H,6-7H2,1H3,(H,19,20)(H,21,22)/b12-9-. The van der Waals surface area contributed by atoms with E-state index >= 15 is 0 Å². The molecule has 0 saturated carbocycles. The third kappa shape index (κ3) is 5.25. The normalized spacial score (nSPS) is 12.1. The van der Waals surface area contributed by atoms with Gasteiger partial charge in [-0.25, -0.2) is 4.39 Å². The Labute approximate surface area is 127 Å². The molecule has 1 amide bonds. The number of benzene rings is 1. The van der Waals surface area contributed by atoms with Crippen LogP contribution in [-0.2, 0) is 16.0 Å². The molecule has 0 heterocycles. The van der Waals surface area contributed by atoms with E-state index in [0.717, 1.165) is 0 Å². The number of hydrogen-bond acceptors (Lipinski definition) is 4. The summed E-state index contributed by atoms with van der Waals surface area (Å²) in [6, 6.07) is 6.89. The van der Waals surface area contributed by atoms with E-state index in [1.54, 1.807) is 24.3 Å². The summed E-state index contributed by atoms with van der Waals surface area (Å²) in [5, 5.41) is 22.5. The Balaban J connectivity index is 2.52. The number of nitriles is 1.